The lowest BCUT2D eigenvalue weighted by molar-refractivity contribution is 0.0527. The minimum atomic E-state index is -0.930. The van der Waals surface area contributed by atoms with Gasteiger partial charge in [-0.1, -0.05) is 0 Å². The van der Waals surface area contributed by atoms with Crippen LogP contribution in [0.15, 0.2) is 61.7 Å². The standard InChI is InChI=1S/C10H10N2O2.C8H6N2O2/c1-2-14-10(13)8-4-3-5-12-7-11-6-9(8)12;11-8(12)6-2-1-3-10-5-9-4-7(6)10/h3-7H,2H2,1H3;1-5H,(H,11,12). The van der Waals surface area contributed by atoms with Crippen LogP contribution < -0.4 is 0 Å². The molecule has 0 bridgehead atoms. The SMILES string of the molecule is CCOC(=O)c1cccn2cncc12.O=C(O)c1cccn2cncc12. The molecule has 0 aromatic carbocycles. The number of rotatable bonds is 3. The van der Waals surface area contributed by atoms with Crippen molar-refractivity contribution in [1.29, 1.82) is 0 Å². The number of carbonyl (C=O) groups excluding carboxylic acids is 1. The third-order valence-electron chi connectivity index (χ3n) is 3.63. The highest BCUT2D eigenvalue weighted by atomic mass is 16.5. The van der Waals surface area contributed by atoms with Gasteiger partial charge in [-0.15, -0.1) is 0 Å². The summed E-state index contributed by atoms with van der Waals surface area (Å²) in [6.45, 7) is 2.17. The zero-order valence-electron chi connectivity index (χ0n) is 13.9. The van der Waals surface area contributed by atoms with Crippen LogP contribution in [-0.2, 0) is 4.74 Å². The third kappa shape index (κ3) is 3.39. The van der Waals surface area contributed by atoms with Crippen molar-refractivity contribution in [3.05, 3.63) is 72.8 Å². The van der Waals surface area contributed by atoms with Crippen molar-refractivity contribution in [1.82, 2.24) is 18.8 Å². The van der Waals surface area contributed by atoms with Crippen LogP contribution in [0.5, 0.6) is 0 Å². The fraction of sp³-hybridized carbons (Fsp3) is 0.111. The van der Waals surface area contributed by atoms with Crippen molar-refractivity contribution in [3.63, 3.8) is 0 Å². The van der Waals surface area contributed by atoms with Crippen molar-refractivity contribution in [2.45, 2.75) is 6.92 Å². The maximum atomic E-state index is 11.5. The summed E-state index contributed by atoms with van der Waals surface area (Å²) in [4.78, 5) is 30.0. The summed E-state index contributed by atoms with van der Waals surface area (Å²) in [5.74, 6) is -1.24. The Labute approximate surface area is 148 Å². The molecule has 26 heavy (non-hydrogen) atoms. The number of hydrogen-bond donors (Lipinski definition) is 1. The van der Waals surface area contributed by atoms with Gasteiger partial charge in [0.25, 0.3) is 0 Å². The van der Waals surface area contributed by atoms with Gasteiger partial charge in [0.1, 0.15) is 0 Å². The molecule has 0 radical (unpaired) electrons. The fourth-order valence-corrected chi connectivity index (χ4v) is 2.46. The minimum absolute atomic E-state index is 0.273. The van der Waals surface area contributed by atoms with Gasteiger partial charge in [0, 0.05) is 12.4 Å². The second-order valence-electron chi connectivity index (χ2n) is 5.24. The van der Waals surface area contributed by atoms with Crippen molar-refractivity contribution in [3.8, 4) is 0 Å². The second kappa shape index (κ2) is 7.47. The largest absolute Gasteiger partial charge is 0.478 e. The number of aromatic nitrogens is 4. The lowest BCUT2D eigenvalue weighted by Gasteiger charge is -2.02. The predicted octanol–water partition coefficient (Wildman–Crippen LogP) is 2.54. The number of carboxylic acids is 1. The molecule has 4 aromatic heterocycles. The number of aromatic carboxylic acids is 1. The topological polar surface area (TPSA) is 98.2 Å². The second-order valence-corrected chi connectivity index (χ2v) is 5.24. The van der Waals surface area contributed by atoms with Crippen LogP contribution in [0, 0.1) is 0 Å². The molecule has 132 valence electrons. The highest BCUT2D eigenvalue weighted by Crippen LogP contribution is 2.11. The number of carbonyl (C=O) groups is 2. The van der Waals surface area contributed by atoms with Gasteiger partial charge in [0.05, 0.1) is 53.8 Å². The Balaban J connectivity index is 0.000000152. The van der Waals surface area contributed by atoms with Crippen LogP contribution in [-0.4, -0.2) is 42.4 Å². The van der Waals surface area contributed by atoms with Gasteiger partial charge in [0.2, 0.25) is 0 Å². The van der Waals surface area contributed by atoms with Crippen LogP contribution >= 0.6 is 0 Å². The quantitative estimate of drug-likeness (QED) is 0.569. The predicted molar refractivity (Wildman–Crippen MR) is 93.3 cm³/mol. The molecule has 8 nitrogen and oxygen atoms in total. The Morgan fingerprint density at radius 3 is 2.08 bits per heavy atom. The smallest absolute Gasteiger partial charge is 0.340 e. The number of esters is 1. The van der Waals surface area contributed by atoms with Crippen LogP contribution in [0.1, 0.15) is 27.6 Å². The van der Waals surface area contributed by atoms with Gasteiger partial charge in [-0.05, 0) is 31.2 Å². The lowest BCUT2D eigenvalue weighted by Crippen LogP contribution is -2.05. The summed E-state index contributed by atoms with van der Waals surface area (Å²) in [5, 5.41) is 8.76. The maximum absolute atomic E-state index is 11.5. The summed E-state index contributed by atoms with van der Waals surface area (Å²) in [5.41, 5.74) is 2.21. The van der Waals surface area contributed by atoms with Crippen LogP contribution in [0.3, 0.4) is 0 Å². The molecule has 1 N–H and O–H groups in total. The van der Waals surface area contributed by atoms with Gasteiger partial charge >= 0.3 is 11.9 Å². The summed E-state index contributed by atoms with van der Waals surface area (Å²) in [7, 11) is 0. The van der Waals surface area contributed by atoms with Crippen molar-refractivity contribution in [2.75, 3.05) is 6.61 Å². The molecule has 0 amide bonds. The monoisotopic (exact) mass is 352 g/mol. The van der Waals surface area contributed by atoms with Gasteiger partial charge in [0.15, 0.2) is 0 Å². The number of carboxylic acid groups (broad SMARTS) is 1. The molecule has 4 aromatic rings. The van der Waals surface area contributed by atoms with E-state index in [4.69, 9.17) is 9.84 Å². The minimum Gasteiger partial charge on any atom is -0.478 e. The first-order chi connectivity index (χ1) is 12.6. The van der Waals surface area contributed by atoms with E-state index in [9.17, 15) is 9.59 Å². The first kappa shape index (κ1) is 17.2. The molecule has 8 heteroatoms. The number of imidazole rings is 2. The van der Waals surface area contributed by atoms with Crippen molar-refractivity contribution < 1.29 is 19.4 Å². The van der Waals surface area contributed by atoms with E-state index in [0.29, 0.717) is 17.7 Å². The molecule has 0 saturated carbocycles. The molecule has 0 aliphatic heterocycles. The molecule has 0 fully saturated rings. The Morgan fingerprint density at radius 1 is 1.00 bits per heavy atom. The molecule has 0 aliphatic rings. The average molecular weight is 352 g/mol. The van der Waals surface area contributed by atoms with Gasteiger partial charge < -0.3 is 18.6 Å². The first-order valence-corrected chi connectivity index (χ1v) is 7.83. The molecule has 0 unspecified atom stereocenters. The Bertz CT molecular complexity index is 1070. The van der Waals surface area contributed by atoms with Gasteiger partial charge in [-0.3, -0.25) is 0 Å². The summed E-state index contributed by atoms with van der Waals surface area (Å²) in [6.07, 6.45) is 10.00. The van der Waals surface area contributed by atoms with Crippen LogP contribution in [0.4, 0.5) is 0 Å². The zero-order valence-corrected chi connectivity index (χ0v) is 13.9. The fourth-order valence-electron chi connectivity index (χ4n) is 2.46. The number of hydrogen-bond acceptors (Lipinski definition) is 5. The highest BCUT2D eigenvalue weighted by molar-refractivity contribution is 5.96. The molecular formula is C18H16N4O4. The van der Waals surface area contributed by atoms with E-state index >= 15 is 0 Å². The Hall–Kier alpha value is -3.68. The summed E-state index contributed by atoms with van der Waals surface area (Å²) in [6, 6.07) is 6.76. The number of nitrogens with zero attached hydrogens (tertiary/aromatic N) is 4. The first-order valence-electron chi connectivity index (χ1n) is 7.83. The molecule has 4 heterocycles. The van der Waals surface area contributed by atoms with E-state index in [0.717, 1.165) is 5.52 Å². The van der Waals surface area contributed by atoms with Gasteiger partial charge in [-0.2, -0.15) is 0 Å². The van der Waals surface area contributed by atoms with E-state index < -0.39 is 5.97 Å². The summed E-state index contributed by atoms with van der Waals surface area (Å²) < 4.78 is 8.38. The number of fused-ring (bicyclic) bond motifs is 2. The van der Waals surface area contributed by atoms with Crippen LogP contribution in [0.2, 0.25) is 0 Å². The zero-order chi connectivity index (χ0) is 18.5. The molecular weight excluding hydrogens is 336 g/mol. The Kier molecular flexibility index (Phi) is 4.93. The summed E-state index contributed by atoms with van der Waals surface area (Å²) >= 11 is 0. The van der Waals surface area contributed by atoms with E-state index in [1.165, 1.54) is 6.20 Å². The van der Waals surface area contributed by atoms with E-state index in [2.05, 4.69) is 9.97 Å². The highest BCUT2D eigenvalue weighted by Gasteiger charge is 2.10. The molecule has 4 rings (SSSR count). The normalized spacial score (nSPS) is 10.3. The average Bonchev–Trinajstić information content (AvgIpc) is 3.30. The van der Waals surface area contributed by atoms with Crippen molar-refractivity contribution >= 4 is 23.0 Å². The molecule has 0 spiro atoms. The van der Waals surface area contributed by atoms with E-state index in [1.807, 2.05) is 6.20 Å². The molecule has 0 aliphatic carbocycles. The van der Waals surface area contributed by atoms with Crippen LogP contribution in [0.25, 0.3) is 11.0 Å². The van der Waals surface area contributed by atoms with E-state index in [-0.39, 0.29) is 11.5 Å². The van der Waals surface area contributed by atoms with Gasteiger partial charge in [-0.25, -0.2) is 19.6 Å². The maximum Gasteiger partial charge on any atom is 0.340 e. The van der Waals surface area contributed by atoms with Crippen molar-refractivity contribution in [2.24, 2.45) is 0 Å². The lowest BCUT2D eigenvalue weighted by atomic mass is 10.2. The van der Waals surface area contributed by atoms with E-state index in [1.54, 1.807) is 65.0 Å². The number of pyridine rings is 2. The molecule has 0 saturated heterocycles. The molecule has 0 atom stereocenters. The Morgan fingerprint density at radius 2 is 1.54 bits per heavy atom. The third-order valence-corrected chi connectivity index (χ3v) is 3.63. The number of ether oxygens (including phenoxy) is 1.